The molecular weight excluding hydrogens is 455 g/mol. The average Bonchev–Trinajstić information content (AvgIpc) is 2.78. The number of methoxy groups -OCH3 is 1. The fourth-order valence-corrected chi connectivity index (χ4v) is 4.68. The van der Waals surface area contributed by atoms with E-state index in [0.717, 1.165) is 18.2 Å². The number of anilines is 1. The number of ketones is 1. The van der Waals surface area contributed by atoms with Gasteiger partial charge in [-0.1, -0.05) is 23.7 Å². The highest BCUT2D eigenvalue weighted by atomic mass is 35.5. The van der Waals surface area contributed by atoms with Crippen molar-refractivity contribution >= 4 is 28.9 Å². The molecule has 5 nitrogen and oxygen atoms in total. The highest BCUT2D eigenvalue weighted by Crippen LogP contribution is 2.48. The van der Waals surface area contributed by atoms with E-state index in [1.165, 1.54) is 12.0 Å². The smallest absolute Gasteiger partial charge is 0.416 e. The van der Waals surface area contributed by atoms with Crippen LogP contribution in [0.2, 0.25) is 5.02 Å². The van der Waals surface area contributed by atoms with Crippen LogP contribution in [0.3, 0.4) is 0 Å². The monoisotopic (exact) mass is 473 g/mol. The Bertz CT molecular complexity index is 1200. The second kappa shape index (κ2) is 8.56. The SMILES string of the molecule is COc1ccc(C2C3=C(CCCC3=O)N(c3cc(C(F)(F)F)ccc3Cl)C(=N)C2C#N)cc1. The van der Waals surface area contributed by atoms with E-state index in [2.05, 4.69) is 6.07 Å². The summed E-state index contributed by atoms with van der Waals surface area (Å²) in [6.07, 6.45) is -3.48. The van der Waals surface area contributed by atoms with Crippen molar-refractivity contribution in [1.29, 1.82) is 10.7 Å². The molecule has 9 heteroatoms. The van der Waals surface area contributed by atoms with Gasteiger partial charge in [-0.05, 0) is 48.7 Å². The van der Waals surface area contributed by atoms with Crippen LogP contribution in [-0.4, -0.2) is 18.7 Å². The first-order valence-corrected chi connectivity index (χ1v) is 10.6. The van der Waals surface area contributed by atoms with E-state index in [1.54, 1.807) is 24.3 Å². The van der Waals surface area contributed by atoms with E-state index in [-0.39, 0.29) is 28.7 Å². The van der Waals surface area contributed by atoms with Gasteiger partial charge in [0.1, 0.15) is 17.5 Å². The molecule has 2 aromatic carbocycles. The molecule has 0 radical (unpaired) electrons. The maximum atomic E-state index is 13.4. The van der Waals surface area contributed by atoms with Gasteiger partial charge in [0.25, 0.3) is 0 Å². The normalized spacial score (nSPS) is 21.0. The quantitative estimate of drug-likeness (QED) is 0.584. The number of nitrogens with zero attached hydrogens (tertiary/aromatic N) is 2. The number of hydrogen-bond acceptors (Lipinski definition) is 4. The van der Waals surface area contributed by atoms with Crippen molar-refractivity contribution < 1.29 is 22.7 Å². The van der Waals surface area contributed by atoms with E-state index in [1.807, 2.05) is 0 Å². The molecule has 1 aliphatic carbocycles. The zero-order valence-corrected chi connectivity index (χ0v) is 18.3. The second-order valence-electron chi connectivity index (χ2n) is 7.88. The highest BCUT2D eigenvalue weighted by molar-refractivity contribution is 6.34. The molecule has 2 atom stereocenters. The van der Waals surface area contributed by atoms with Crippen LogP contribution >= 0.6 is 11.6 Å². The van der Waals surface area contributed by atoms with Crippen LogP contribution in [-0.2, 0) is 11.0 Å². The van der Waals surface area contributed by atoms with Crippen molar-refractivity contribution in [2.24, 2.45) is 5.92 Å². The number of amidine groups is 1. The molecule has 0 fully saturated rings. The number of halogens is 4. The number of rotatable bonds is 3. The van der Waals surface area contributed by atoms with Crippen LogP contribution in [0.1, 0.15) is 36.3 Å². The Morgan fingerprint density at radius 2 is 1.88 bits per heavy atom. The van der Waals surface area contributed by atoms with Gasteiger partial charge in [-0.3, -0.25) is 15.1 Å². The maximum absolute atomic E-state index is 13.4. The summed E-state index contributed by atoms with van der Waals surface area (Å²) in [5.41, 5.74) is 0.439. The maximum Gasteiger partial charge on any atom is 0.416 e. The number of nitrogens with one attached hydrogen (secondary N) is 1. The average molecular weight is 474 g/mol. The molecule has 0 spiro atoms. The lowest BCUT2D eigenvalue weighted by Gasteiger charge is -2.42. The Morgan fingerprint density at radius 1 is 1.18 bits per heavy atom. The molecule has 0 aromatic heterocycles. The second-order valence-corrected chi connectivity index (χ2v) is 8.29. The highest BCUT2D eigenvalue weighted by Gasteiger charge is 2.45. The molecule has 2 unspecified atom stereocenters. The summed E-state index contributed by atoms with van der Waals surface area (Å²) < 4.78 is 45.4. The van der Waals surface area contributed by atoms with Gasteiger partial charge < -0.3 is 4.74 Å². The lowest BCUT2D eigenvalue weighted by Crippen LogP contribution is -2.46. The molecule has 0 saturated heterocycles. The number of carbonyl (C=O) groups is 1. The van der Waals surface area contributed by atoms with E-state index in [9.17, 15) is 23.2 Å². The van der Waals surface area contributed by atoms with Gasteiger partial charge in [-0.15, -0.1) is 0 Å². The van der Waals surface area contributed by atoms with Crippen molar-refractivity contribution in [3.8, 4) is 11.8 Å². The zero-order valence-electron chi connectivity index (χ0n) is 17.5. The number of nitriles is 1. The predicted octanol–water partition coefficient (Wildman–Crippen LogP) is 6.10. The first-order chi connectivity index (χ1) is 15.7. The van der Waals surface area contributed by atoms with Crippen molar-refractivity contribution in [3.05, 3.63) is 69.9 Å². The molecule has 1 heterocycles. The third kappa shape index (κ3) is 3.98. The lowest BCUT2D eigenvalue weighted by molar-refractivity contribution is -0.137. The van der Waals surface area contributed by atoms with Gasteiger partial charge in [-0.2, -0.15) is 18.4 Å². The molecule has 0 saturated carbocycles. The van der Waals surface area contributed by atoms with Crippen LogP contribution < -0.4 is 9.64 Å². The standard InChI is InChI=1S/C24H19ClF3N3O2/c1-33-15-8-5-13(6-9-15)21-16(12-29)23(30)31(18-3-2-4-20(32)22(18)21)19-11-14(24(26,27)28)7-10-17(19)25/h5-11,16,21,30H,2-4H2,1H3. The summed E-state index contributed by atoms with van der Waals surface area (Å²) >= 11 is 6.28. The minimum absolute atomic E-state index is 0.00258. The number of hydrogen-bond donors (Lipinski definition) is 1. The molecule has 0 bridgehead atoms. The third-order valence-electron chi connectivity index (χ3n) is 6.01. The van der Waals surface area contributed by atoms with Crippen molar-refractivity contribution in [1.82, 2.24) is 0 Å². The summed E-state index contributed by atoms with van der Waals surface area (Å²) in [5, 5.41) is 18.8. The molecule has 1 N–H and O–H groups in total. The Hall–Kier alpha value is -3.31. The number of carbonyl (C=O) groups excluding carboxylic acids is 1. The zero-order chi connectivity index (χ0) is 23.9. The first kappa shape index (κ1) is 22.9. The Morgan fingerprint density at radius 3 is 2.48 bits per heavy atom. The fourth-order valence-electron chi connectivity index (χ4n) is 4.48. The number of alkyl halides is 3. The van der Waals surface area contributed by atoms with Crippen LogP contribution in [0.25, 0.3) is 0 Å². The van der Waals surface area contributed by atoms with Crippen molar-refractivity contribution in [2.45, 2.75) is 31.4 Å². The molecular formula is C24H19ClF3N3O2. The lowest BCUT2D eigenvalue weighted by atomic mass is 9.72. The summed E-state index contributed by atoms with van der Waals surface area (Å²) in [5.74, 6) is -1.60. The van der Waals surface area contributed by atoms with Gasteiger partial charge in [-0.25, -0.2) is 0 Å². The molecule has 170 valence electrons. The number of benzene rings is 2. The molecule has 0 amide bonds. The minimum Gasteiger partial charge on any atom is -0.497 e. The Kier molecular flexibility index (Phi) is 5.93. The Balaban J connectivity index is 1.94. The number of allylic oxidation sites excluding steroid dienone is 2. The topological polar surface area (TPSA) is 77.2 Å². The third-order valence-corrected chi connectivity index (χ3v) is 6.33. The van der Waals surface area contributed by atoms with Gasteiger partial charge >= 0.3 is 6.18 Å². The predicted molar refractivity (Wildman–Crippen MR) is 117 cm³/mol. The summed E-state index contributed by atoms with van der Waals surface area (Å²) in [4.78, 5) is 14.4. The van der Waals surface area contributed by atoms with Crippen molar-refractivity contribution in [3.63, 3.8) is 0 Å². The first-order valence-electron chi connectivity index (χ1n) is 10.2. The molecule has 4 rings (SSSR count). The molecule has 2 aromatic rings. The number of Topliss-reactive ketones (excluding diaryl/α,β-unsaturated/α-hetero) is 1. The van der Waals surface area contributed by atoms with Crippen molar-refractivity contribution in [2.75, 3.05) is 12.0 Å². The van der Waals surface area contributed by atoms with Gasteiger partial charge in [0, 0.05) is 23.6 Å². The fraction of sp³-hybridized carbons (Fsp3) is 0.292. The summed E-state index contributed by atoms with van der Waals surface area (Å²) in [6.45, 7) is 0. The van der Waals surface area contributed by atoms with Gasteiger partial charge in [0.15, 0.2) is 5.78 Å². The summed E-state index contributed by atoms with van der Waals surface area (Å²) in [7, 11) is 1.52. The van der Waals surface area contributed by atoms with Gasteiger partial charge in [0.2, 0.25) is 0 Å². The molecule has 33 heavy (non-hydrogen) atoms. The van der Waals surface area contributed by atoms with Crippen LogP contribution in [0.5, 0.6) is 5.75 Å². The minimum atomic E-state index is -4.61. The van der Waals surface area contributed by atoms with Crippen LogP contribution in [0.15, 0.2) is 53.7 Å². The molecule has 1 aliphatic heterocycles. The largest absolute Gasteiger partial charge is 0.497 e. The van der Waals surface area contributed by atoms with E-state index < -0.39 is 23.6 Å². The van der Waals surface area contributed by atoms with E-state index in [4.69, 9.17) is 21.7 Å². The number of ether oxygens (including phenoxy) is 1. The summed E-state index contributed by atoms with van der Waals surface area (Å²) in [6, 6.07) is 11.8. The van der Waals surface area contributed by atoms with Crippen LogP contribution in [0, 0.1) is 22.7 Å². The van der Waals surface area contributed by atoms with E-state index in [0.29, 0.717) is 35.4 Å². The van der Waals surface area contributed by atoms with Gasteiger partial charge in [0.05, 0.1) is 29.5 Å². The molecule has 2 aliphatic rings. The van der Waals surface area contributed by atoms with E-state index >= 15 is 0 Å². The van der Waals surface area contributed by atoms with Crippen LogP contribution in [0.4, 0.5) is 18.9 Å². The Labute approximate surface area is 193 Å².